The van der Waals surface area contributed by atoms with Crippen molar-refractivity contribution in [2.24, 2.45) is 0 Å². The maximum absolute atomic E-state index is 2.42. The van der Waals surface area contributed by atoms with Crippen LogP contribution in [0.1, 0.15) is 61.1 Å². The van der Waals surface area contributed by atoms with E-state index in [1.165, 1.54) is 64.7 Å². The molecular weight excluding hydrogens is 599 g/mol. The van der Waals surface area contributed by atoms with Gasteiger partial charge in [-0.2, -0.15) is 0 Å². The lowest BCUT2D eigenvalue weighted by Gasteiger charge is -2.28. The zero-order valence-corrected chi connectivity index (χ0v) is 28.6. The fourth-order valence-electron chi connectivity index (χ4n) is 8.29. The van der Waals surface area contributed by atoms with Crippen LogP contribution in [0, 0.1) is 0 Å². The molecule has 0 bridgehead atoms. The molecule has 2 aliphatic carbocycles. The van der Waals surface area contributed by atoms with E-state index in [1.54, 1.807) is 0 Å². The Hall–Kier alpha value is -5.18. The number of benzene rings is 6. The van der Waals surface area contributed by atoms with E-state index in [1.807, 2.05) is 11.3 Å². The van der Waals surface area contributed by atoms with Crippen LogP contribution in [0.3, 0.4) is 0 Å². The lowest BCUT2D eigenvalue weighted by molar-refractivity contribution is 0.694. The van der Waals surface area contributed by atoms with Gasteiger partial charge in [-0.3, -0.25) is 0 Å². The number of para-hydroxylation sites is 1. The molecule has 2 heteroatoms. The summed E-state index contributed by atoms with van der Waals surface area (Å²) >= 11 is 1.86. The predicted octanol–water partition coefficient (Wildman–Crippen LogP) is 13.2. The highest BCUT2D eigenvalue weighted by Crippen LogP contribution is 2.62. The van der Waals surface area contributed by atoms with Crippen LogP contribution in [0.25, 0.3) is 43.5 Å². The fraction of sp³-hybridized carbons (Fsp3) is 0.130. The van der Waals surface area contributed by atoms with E-state index in [9.17, 15) is 0 Å². The molecule has 0 saturated carbocycles. The number of anilines is 3. The summed E-state index contributed by atoms with van der Waals surface area (Å²) in [7, 11) is 0. The molecule has 6 aromatic carbocycles. The van der Waals surface area contributed by atoms with E-state index >= 15 is 0 Å². The zero-order chi connectivity index (χ0) is 32.6. The van der Waals surface area contributed by atoms with Gasteiger partial charge in [0.25, 0.3) is 0 Å². The van der Waals surface area contributed by atoms with E-state index in [0.29, 0.717) is 0 Å². The summed E-state index contributed by atoms with van der Waals surface area (Å²) in [5, 5.41) is 2.64. The second kappa shape index (κ2) is 10.7. The number of allylic oxidation sites excluding steroid dienone is 2. The summed E-state index contributed by atoms with van der Waals surface area (Å²) in [5.41, 5.74) is 14.6. The zero-order valence-electron chi connectivity index (χ0n) is 27.8. The molecule has 2 aliphatic rings. The van der Waals surface area contributed by atoms with Crippen molar-refractivity contribution in [1.82, 2.24) is 0 Å². The lowest BCUT2D eigenvalue weighted by Crippen LogP contribution is -2.19. The standard InChI is InChI=1S/C46H37NS/c1-45(2)39-16-10-8-15-37(39)43-44(45)38-26-22-31(28-40(38)46(43,3)4)19-18-30-20-23-33(24-21-30)47(32-12-6-5-7-13-32)34-25-27-36-35-14-9-11-17-41(35)48-42(36)29-34/h5-29H,1-4H3. The molecule has 0 aliphatic heterocycles. The van der Waals surface area contributed by atoms with Crippen LogP contribution in [0.15, 0.2) is 140 Å². The second-order valence-electron chi connectivity index (χ2n) is 14.2. The maximum atomic E-state index is 2.42. The third-order valence-corrected chi connectivity index (χ3v) is 11.7. The molecule has 1 aromatic heterocycles. The summed E-state index contributed by atoms with van der Waals surface area (Å²) in [6.45, 7) is 9.57. The fourth-order valence-corrected chi connectivity index (χ4v) is 9.43. The van der Waals surface area contributed by atoms with Crippen LogP contribution in [0.4, 0.5) is 17.1 Å². The van der Waals surface area contributed by atoms with Gasteiger partial charge < -0.3 is 4.90 Å². The molecule has 48 heavy (non-hydrogen) atoms. The number of fused-ring (bicyclic) bond motifs is 7. The van der Waals surface area contributed by atoms with E-state index in [-0.39, 0.29) is 10.8 Å². The van der Waals surface area contributed by atoms with E-state index in [4.69, 9.17) is 0 Å². The molecule has 0 fully saturated rings. The van der Waals surface area contributed by atoms with Crippen molar-refractivity contribution in [3.63, 3.8) is 0 Å². The van der Waals surface area contributed by atoms with Gasteiger partial charge in [-0.25, -0.2) is 0 Å². The number of hydrogen-bond acceptors (Lipinski definition) is 2. The highest BCUT2D eigenvalue weighted by molar-refractivity contribution is 7.25. The second-order valence-corrected chi connectivity index (χ2v) is 15.3. The molecule has 7 aromatic rings. The minimum Gasteiger partial charge on any atom is -0.310 e. The van der Waals surface area contributed by atoms with Crippen LogP contribution in [-0.4, -0.2) is 0 Å². The lowest BCUT2D eigenvalue weighted by atomic mass is 9.75. The van der Waals surface area contributed by atoms with Crippen LogP contribution >= 0.6 is 11.3 Å². The number of hydrogen-bond donors (Lipinski definition) is 0. The quantitative estimate of drug-likeness (QED) is 0.170. The minimum atomic E-state index is -0.0419. The van der Waals surface area contributed by atoms with Crippen molar-refractivity contribution in [2.75, 3.05) is 4.90 Å². The molecule has 0 atom stereocenters. The average molecular weight is 636 g/mol. The van der Waals surface area contributed by atoms with Gasteiger partial charge in [0.1, 0.15) is 0 Å². The highest BCUT2D eigenvalue weighted by atomic mass is 32.1. The SMILES string of the molecule is CC1(C)C2=C(c3ccccc31)C(C)(C)c1cc(C=Cc3ccc(N(c4ccccc4)c4ccc5c(c4)sc4ccccc45)cc3)ccc12. The molecule has 0 spiro atoms. The summed E-state index contributed by atoms with van der Waals surface area (Å²) in [4.78, 5) is 2.35. The molecule has 0 unspecified atom stereocenters. The third-order valence-electron chi connectivity index (χ3n) is 10.6. The molecule has 0 N–H and O–H groups in total. The van der Waals surface area contributed by atoms with Gasteiger partial charge in [-0.15, -0.1) is 11.3 Å². The van der Waals surface area contributed by atoms with Crippen molar-refractivity contribution in [3.05, 3.63) is 173 Å². The van der Waals surface area contributed by atoms with Gasteiger partial charge >= 0.3 is 0 Å². The van der Waals surface area contributed by atoms with Gasteiger partial charge in [0.05, 0.1) is 0 Å². The summed E-state index contributed by atoms with van der Waals surface area (Å²) in [5.74, 6) is 0. The Labute approximate surface area is 287 Å². The monoisotopic (exact) mass is 635 g/mol. The number of thiophene rings is 1. The first kappa shape index (κ1) is 29.0. The Balaban J connectivity index is 1.03. The first-order chi connectivity index (χ1) is 23.3. The van der Waals surface area contributed by atoms with Crippen molar-refractivity contribution in [3.8, 4) is 0 Å². The summed E-state index contributed by atoms with van der Waals surface area (Å²) < 4.78 is 2.63. The third kappa shape index (κ3) is 4.36. The minimum absolute atomic E-state index is 0.00477. The van der Waals surface area contributed by atoms with Crippen LogP contribution < -0.4 is 4.90 Å². The molecule has 0 radical (unpaired) electrons. The first-order valence-electron chi connectivity index (χ1n) is 16.9. The molecule has 1 heterocycles. The molecule has 9 rings (SSSR count). The molecule has 1 nitrogen and oxygen atoms in total. The van der Waals surface area contributed by atoms with Gasteiger partial charge in [0, 0.05) is 48.1 Å². The molecule has 232 valence electrons. The van der Waals surface area contributed by atoms with Crippen molar-refractivity contribution in [2.45, 2.75) is 38.5 Å². The Kier molecular flexibility index (Phi) is 6.44. The highest BCUT2D eigenvalue weighted by Gasteiger charge is 2.49. The van der Waals surface area contributed by atoms with Gasteiger partial charge in [0.15, 0.2) is 0 Å². The van der Waals surface area contributed by atoms with E-state index in [0.717, 1.165) is 17.1 Å². The Morgan fingerprint density at radius 3 is 1.85 bits per heavy atom. The smallest absolute Gasteiger partial charge is 0.0476 e. The van der Waals surface area contributed by atoms with Gasteiger partial charge in [-0.05, 0) is 87.0 Å². The van der Waals surface area contributed by atoms with Gasteiger partial charge in [0.2, 0.25) is 0 Å². The number of nitrogens with zero attached hydrogens (tertiary/aromatic N) is 1. The predicted molar refractivity (Wildman–Crippen MR) is 209 cm³/mol. The van der Waals surface area contributed by atoms with Crippen LogP contribution in [0.5, 0.6) is 0 Å². The summed E-state index contributed by atoms with van der Waals surface area (Å²) in [6, 6.07) is 51.2. The Morgan fingerprint density at radius 1 is 0.458 bits per heavy atom. The molecular formula is C46H37NS. The summed E-state index contributed by atoms with van der Waals surface area (Å²) in [6.07, 6.45) is 4.50. The normalized spacial score (nSPS) is 15.7. The van der Waals surface area contributed by atoms with Crippen molar-refractivity contribution >= 4 is 71.9 Å². The van der Waals surface area contributed by atoms with Crippen LogP contribution in [0.2, 0.25) is 0 Å². The van der Waals surface area contributed by atoms with E-state index in [2.05, 4.69) is 184 Å². The maximum Gasteiger partial charge on any atom is 0.0476 e. The van der Waals surface area contributed by atoms with Crippen molar-refractivity contribution < 1.29 is 0 Å². The topological polar surface area (TPSA) is 3.24 Å². The molecule has 0 amide bonds. The van der Waals surface area contributed by atoms with Gasteiger partial charge in [-0.1, -0.05) is 137 Å². The van der Waals surface area contributed by atoms with Crippen molar-refractivity contribution in [1.29, 1.82) is 0 Å². The number of rotatable bonds is 5. The van der Waals surface area contributed by atoms with Crippen LogP contribution in [-0.2, 0) is 10.8 Å². The molecule has 0 saturated heterocycles. The average Bonchev–Trinajstić information content (AvgIpc) is 3.69. The van der Waals surface area contributed by atoms with E-state index < -0.39 is 0 Å². The Bertz CT molecular complexity index is 2440. The largest absolute Gasteiger partial charge is 0.310 e. The Morgan fingerprint density at radius 2 is 1.04 bits per heavy atom. The first-order valence-corrected chi connectivity index (χ1v) is 17.7.